The fourth-order valence-electron chi connectivity index (χ4n) is 2.25. The Balaban J connectivity index is 1.99. The molecule has 0 saturated heterocycles. The Hall–Kier alpha value is -2.58. The quantitative estimate of drug-likeness (QED) is 0.497. The number of nitrogens with one attached hydrogen (secondary N) is 1. The number of halogens is 1. The Morgan fingerprint density at radius 2 is 1.35 bits per heavy atom. The van der Waals surface area contributed by atoms with Crippen LogP contribution >= 0.6 is 11.6 Å². The summed E-state index contributed by atoms with van der Waals surface area (Å²) >= 11 is 6.00. The molecule has 3 aromatic rings. The fraction of sp³-hybridized carbons (Fsp3) is 0.0500. The predicted molar refractivity (Wildman–Crippen MR) is 98.3 cm³/mol. The van der Waals surface area contributed by atoms with Crippen LogP contribution in [0.5, 0.6) is 0 Å². The monoisotopic (exact) mass is 320 g/mol. The third-order valence-electron chi connectivity index (χ3n) is 3.51. The Morgan fingerprint density at radius 1 is 0.783 bits per heavy atom. The number of rotatable bonds is 4. The first-order valence-electron chi connectivity index (χ1n) is 7.44. The van der Waals surface area contributed by atoms with E-state index in [9.17, 15) is 0 Å². The van der Waals surface area contributed by atoms with E-state index in [2.05, 4.69) is 41.7 Å². The van der Waals surface area contributed by atoms with Crippen molar-refractivity contribution in [3.63, 3.8) is 0 Å². The van der Waals surface area contributed by atoms with Gasteiger partial charge in [0.2, 0.25) is 0 Å². The summed E-state index contributed by atoms with van der Waals surface area (Å²) in [5, 5.41) is 5.33. The third kappa shape index (κ3) is 3.99. The fourth-order valence-corrected chi connectivity index (χ4v) is 2.37. The van der Waals surface area contributed by atoms with Gasteiger partial charge in [0, 0.05) is 16.1 Å². The number of hydrogen-bond acceptors (Lipinski definition) is 2. The van der Waals surface area contributed by atoms with Crippen LogP contribution in [0.15, 0.2) is 84.0 Å². The first kappa shape index (κ1) is 15.3. The minimum Gasteiger partial charge on any atom is -0.278 e. The molecule has 3 aromatic carbocycles. The molecule has 0 spiro atoms. The summed E-state index contributed by atoms with van der Waals surface area (Å²) in [7, 11) is 0. The second-order valence-electron chi connectivity index (χ2n) is 5.31. The number of benzene rings is 3. The maximum atomic E-state index is 6.00. The van der Waals surface area contributed by atoms with Crippen molar-refractivity contribution < 1.29 is 0 Å². The second-order valence-corrected chi connectivity index (χ2v) is 5.75. The largest absolute Gasteiger partial charge is 0.278 e. The van der Waals surface area contributed by atoms with E-state index in [1.165, 1.54) is 5.56 Å². The van der Waals surface area contributed by atoms with Crippen LogP contribution in [-0.4, -0.2) is 5.71 Å². The molecule has 0 radical (unpaired) electrons. The maximum absolute atomic E-state index is 6.00. The summed E-state index contributed by atoms with van der Waals surface area (Å²) in [6.45, 7) is 2.07. The van der Waals surface area contributed by atoms with Crippen LogP contribution < -0.4 is 5.43 Å². The predicted octanol–water partition coefficient (Wildman–Crippen LogP) is 5.51. The molecule has 0 aliphatic carbocycles. The van der Waals surface area contributed by atoms with Crippen LogP contribution in [0.4, 0.5) is 5.69 Å². The number of para-hydroxylation sites is 1. The Kier molecular flexibility index (Phi) is 4.74. The molecule has 0 bridgehead atoms. The second kappa shape index (κ2) is 7.12. The van der Waals surface area contributed by atoms with Gasteiger partial charge in [-0.25, -0.2) is 0 Å². The van der Waals surface area contributed by atoms with Crippen LogP contribution in [-0.2, 0) is 0 Å². The van der Waals surface area contributed by atoms with Crippen molar-refractivity contribution in [3.8, 4) is 0 Å². The number of aryl methyl sites for hydroxylation is 1. The highest BCUT2D eigenvalue weighted by Gasteiger charge is 2.07. The lowest BCUT2D eigenvalue weighted by Gasteiger charge is -2.09. The highest BCUT2D eigenvalue weighted by molar-refractivity contribution is 6.30. The van der Waals surface area contributed by atoms with Gasteiger partial charge in [-0.1, -0.05) is 71.8 Å². The first-order chi connectivity index (χ1) is 11.2. The van der Waals surface area contributed by atoms with E-state index in [1.54, 1.807) is 0 Å². The normalized spacial score (nSPS) is 11.3. The molecule has 2 nitrogen and oxygen atoms in total. The SMILES string of the molecule is Cc1ccc(/C(=N\Nc2ccccc2)c2ccc(Cl)cc2)cc1. The number of hydrazone groups is 1. The zero-order chi connectivity index (χ0) is 16.1. The highest BCUT2D eigenvalue weighted by atomic mass is 35.5. The Morgan fingerprint density at radius 3 is 1.96 bits per heavy atom. The topological polar surface area (TPSA) is 24.4 Å². The van der Waals surface area contributed by atoms with Gasteiger partial charge in [0.05, 0.1) is 11.4 Å². The van der Waals surface area contributed by atoms with E-state index >= 15 is 0 Å². The molecular weight excluding hydrogens is 304 g/mol. The standard InChI is InChI=1S/C20H17ClN2/c1-15-7-9-16(10-8-15)20(17-11-13-18(21)14-12-17)23-22-19-5-3-2-4-6-19/h2-14,22H,1H3/b23-20+. The summed E-state index contributed by atoms with van der Waals surface area (Å²) in [4.78, 5) is 0. The third-order valence-corrected chi connectivity index (χ3v) is 3.77. The molecule has 0 amide bonds. The Bertz CT molecular complexity index is 744. The molecule has 0 fully saturated rings. The van der Waals surface area contributed by atoms with E-state index in [0.717, 1.165) is 22.5 Å². The lowest BCUT2D eigenvalue weighted by atomic mass is 10.0. The van der Waals surface area contributed by atoms with E-state index in [4.69, 9.17) is 11.6 Å². The molecule has 1 N–H and O–H groups in total. The smallest absolute Gasteiger partial charge is 0.0977 e. The summed E-state index contributed by atoms with van der Waals surface area (Å²) in [5.41, 5.74) is 8.25. The molecule has 3 heteroatoms. The van der Waals surface area contributed by atoms with E-state index in [-0.39, 0.29) is 0 Å². The molecule has 23 heavy (non-hydrogen) atoms. The van der Waals surface area contributed by atoms with Gasteiger partial charge >= 0.3 is 0 Å². The first-order valence-corrected chi connectivity index (χ1v) is 7.82. The van der Waals surface area contributed by atoms with Crippen LogP contribution in [0.25, 0.3) is 0 Å². The van der Waals surface area contributed by atoms with Crippen molar-refractivity contribution in [1.29, 1.82) is 0 Å². The molecule has 0 atom stereocenters. The zero-order valence-electron chi connectivity index (χ0n) is 12.8. The molecule has 0 heterocycles. The maximum Gasteiger partial charge on any atom is 0.0977 e. The van der Waals surface area contributed by atoms with Gasteiger partial charge in [-0.2, -0.15) is 5.10 Å². The van der Waals surface area contributed by atoms with E-state index in [1.807, 2.05) is 54.6 Å². The van der Waals surface area contributed by atoms with Gasteiger partial charge in [-0.3, -0.25) is 5.43 Å². The lowest BCUT2D eigenvalue weighted by molar-refractivity contribution is 1.32. The molecular formula is C20H17ClN2. The van der Waals surface area contributed by atoms with Crippen molar-refractivity contribution in [3.05, 3.63) is 101 Å². The molecule has 0 aromatic heterocycles. The van der Waals surface area contributed by atoms with Crippen molar-refractivity contribution >= 4 is 23.0 Å². The minimum atomic E-state index is 0.716. The summed E-state index contributed by atoms with van der Waals surface area (Å²) in [5.74, 6) is 0. The van der Waals surface area contributed by atoms with Crippen LogP contribution in [0.3, 0.4) is 0 Å². The summed E-state index contributed by atoms with van der Waals surface area (Å²) < 4.78 is 0. The van der Waals surface area contributed by atoms with Crippen molar-refractivity contribution in [1.82, 2.24) is 0 Å². The molecule has 0 saturated carbocycles. The van der Waals surface area contributed by atoms with Crippen molar-refractivity contribution in [2.45, 2.75) is 6.92 Å². The molecule has 0 unspecified atom stereocenters. The number of nitrogens with zero attached hydrogens (tertiary/aromatic N) is 1. The van der Waals surface area contributed by atoms with Gasteiger partial charge in [0.25, 0.3) is 0 Å². The van der Waals surface area contributed by atoms with Crippen LogP contribution in [0, 0.1) is 6.92 Å². The Labute approximate surface area is 141 Å². The van der Waals surface area contributed by atoms with Crippen molar-refractivity contribution in [2.75, 3.05) is 5.43 Å². The lowest BCUT2D eigenvalue weighted by Crippen LogP contribution is -2.06. The summed E-state index contributed by atoms with van der Waals surface area (Å²) in [6, 6.07) is 26.0. The van der Waals surface area contributed by atoms with Gasteiger partial charge in [0.15, 0.2) is 0 Å². The zero-order valence-corrected chi connectivity index (χ0v) is 13.6. The number of hydrogen-bond donors (Lipinski definition) is 1. The average molecular weight is 321 g/mol. The number of anilines is 1. The molecule has 3 rings (SSSR count). The van der Waals surface area contributed by atoms with Crippen LogP contribution in [0.2, 0.25) is 5.02 Å². The molecule has 0 aliphatic rings. The van der Waals surface area contributed by atoms with Gasteiger partial charge < -0.3 is 0 Å². The van der Waals surface area contributed by atoms with E-state index in [0.29, 0.717) is 5.02 Å². The highest BCUT2D eigenvalue weighted by Crippen LogP contribution is 2.16. The van der Waals surface area contributed by atoms with E-state index < -0.39 is 0 Å². The molecule has 114 valence electrons. The van der Waals surface area contributed by atoms with Gasteiger partial charge in [0.1, 0.15) is 0 Å². The summed E-state index contributed by atoms with van der Waals surface area (Å²) in [6.07, 6.45) is 0. The van der Waals surface area contributed by atoms with Gasteiger partial charge in [-0.15, -0.1) is 0 Å². The van der Waals surface area contributed by atoms with Crippen LogP contribution in [0.1, 0.15) is 16.7 Å². The van der Waals surface area contributed by atoms with Gasteiger partial charge in [-0.05, 0) is 31.2 Å². The minimum absolute atomic E-state index is 0.716. The average Bonchev–Trinajstić information content (AvgIpc) is 2.59. The van der Waals surface area contributed by atoms with Crippen molar-refractivity contribution in [2.24, 2.45) is 5.10 Å². The molecule has 0 aliphatic heterocycles.